The van der Waals surface area contributed by atoms with E-state index in [2.05, 4.69) is 58.1 Å². The molecule has 0 bridgehead atoms. The van der Waals surface area contributed by atoms with Crippen molar-refractivity contribution >= 4 is 11.8 Å². The number of rotatable bonds is 9. The molecule has 0 aliphatic rings. The number of nitrogens with zero attached hydrogens (tertiary/aromatic N) is 1. The molecule has 0 aromatic heterocycles. The maximum atomic E-state index is 3.66. The number of nitrogens with one attached hydrogen (secondary N) is 1. The van der Waals surface area contributed by atoms with E-state index in [1.807, 2.05) is 11.8 Å². The van der Waals surface area contributed by atoms with Crippen LogP contribution < -0.4 is 5.32 Å². The third kappa shape index (κ3) is 6.68. The Morgan fingerprint density at radius 2 is 1.88 bits per heavy atom. The summed E-state index contributed by atoms with van der Waals surface area (Å²) in [5, 5.41) is 3.66. The number of hydrogen-bond donors (Lipinski definition) is 1. The maximum Gasteiger partial charge on any atom is 0.0192 e. The van der Waals surface area contributed by atoms with Gasteiger partial charge in [-0.05, 0) is 46.9 Å². The average Bonchev–Trinajstić information content (AvgIpc) is 2.32. The van der Waals surface area contributed by atoms with Crippen molar-refractivity contribution in [3.05, 3.63) is 0 Å². The lowest BCUT2D eigenvalue weighted by Crippen LogP contribution is -2.49. The van der Waals surface area contributed by atoms with Gasteiger partial charge < -0.3 is 5.32 Å². The topological polar surface area (TPSA) is 15.3 Å². The largest absolute Gasteiger partial charge is 0.310 e. The summed E-state index contributed by atoms with van der Waals surface area (Å²) in [5.41, 5.74) is 0.260. The molecule has 104 valence electrons. The van der Waals surface area contributed by atoms with Crippen molar-refractivity contribution < 1.29 is 0 Å². The summed E-state index contributed by atoms with van der Waals surface area (Å²) in [6, 6.07) is 1.30. The summed E-state index contributed by atoms with van der Waals surface area (Å²) >= 11 is 1.95. The lowest BCUT2D eigenvalue weighted by Gasteiger charge is -2.35. The van der Waals surface area contributed by atoms with Crippen LogP contribution in [0.25, 0.3) is 0 Å². The molecule has 0 aliphatic carbocycles. The van der Waals surface area contributed by atoms with E-state index < -0.39 is 0 Å². The summed E-state index contributed by atoms with van der Waals surface area (Å²) in [7, 11) is 2.26. The summed E-state index contributed by atoms with van der Waals surface area (Å²) in [5.74, 6) is 1.23. The van der Waals surface area contributed by atoms with E-state index in [9.17, 15) is 0 Å². The Hall–Kier alpha value is 0.270. The molecule has 0 radical (unpaired) electrons. The predicted molar refractivity (Wildman–Crippen MR) is 82.1 cm³/mol. The number of likely N-dealkylation sites (N-methyl/N-ethyl adjacent to an activating group) is 1. The van der Waals surface area contributed by atoms with Crippen LogP contribution >= 0.6 is 11.8 Å². The minimum Gasteiger partial charge on any atom is -0.310 e. The maximum absolute atomic E-state index is 3.66. The molecule has 2 unspecified atom stereocenters. The van der Waals surface area contributed by atoms with E-state index in [0.29, 0.717) is 12.1 Å². The molecule has 0 rings (SSSR count). The highest BCUT2D eigenvalue weighted by Crippen LogP contribution is 2.12. The highest BCUT2D eigenvalue weighted by molar-refractivity contribution is 7.98. The first kappa shape index (κ1) is 17.3. The van der Waals surface area contributed by atoms with Crippen LogP contribution in [0.2, 0.25) is 0 Å². The Morgan fingerprint density at radius 1 is 1.29 bits per heavy atom. The second kappa shape index (κ2) is 8.39. The Bertz CT molecular complexity index is 195. The van der Waals surface area contributed by atoms with Crippen molar-refractivity contribution in [2.75, 3.05) is 25.6 Å². The summed E-state index contributed by atoms with van der Waals surface area (Å²) in [4.78, 5) is 2.52. The van der Waals surface area contributed by atoms with Crippen molar-refractivity contribution in [1.82, 2.24) is 10.2 Å². The second-order valence-corrected chi connectivity index (χ2v) is 6.56. The molecule has 0 saturated heterocycles. The van der Waals surface area contributed by atoms with Crippen LogP contribution in [0.1, 0.15) is 47.5 Å². The van der Waals surface area contributed by atoms with Gasteiger partial charge in [-0.3, -0.25) is 4.90 Å². The summed E-state index contributed by atoms with van der Waals surface area (Å²) < 4.78 is 0. The first-order chi connectivity index (χ1) is 7.87. The Labute approximate surface area is 113 Å². The molecule has 0 aromatic carbocycles. The van der Waals surface area contributed by atoms with Crippen LogP contribution in [-0.2, 0) is 0 Å². The molecule has 0 fully saturated rings. The molecule has 3 heteroatoms. The minimum atomic E-state index is 0.260. The van der Waals surface area contributed by atoms with Crippen LogP contribution in [0, 0.1) is 0 Å². The molecular formula is C14H32N2S. The second-order valence-electron chi connectivity index (χ2n) is 5.65. The van der Waals surface area contributed by atoms with Crippen molar-refractivity contribution in [2.45, 2.75) is 65.1 Å². The zero-order chi connectivity index (χ0) is 13.5. The lowest BCUT2D eigenvalue weighted by atomic mass is 10.0. The monoisotopic (exact) mass is 260 g/mol. The van der Waals surface area contributed by atoms with Crippen molar-refractivity contribution in [2.24, 2.45) is 0 Å². The van der Waals surface area contributed by atoms with E-state index in [-0.39, 0.29) is 5.54 Å². The molecule has 0 aliphatic heterocycles. The van der Waals surface area contributed by atoms with Gasteiger partial charge in [0.1, 0.15) is 0 Å². The third-order valence-corrected chi connectivity index (χ3v) is 4.58. The van der Waals surface area contributed by atoms with E-state index in [1.54, 1.807) is 0 Å². The molecule has 1 N–H and O–H groups in total. The zero-order valence-electron chi connectivity index (χ0n) is 12.8. The Balaban J connectivity index is 4.15. The van der Waals surface area contributed by atoms with Gasteiger partial charge in [-0.2, -0.15) is 11.8 Å². The van der Waals surface area contributed by atoms with Crippen LogP contribution in [-0.4, -0.2) is 48.1 Å². The molecule has 17 heavy (non-hydrogen) atoms. The molecule has 0 saturated carbocycles. The van der Waals surface area contributed by atoms with Crippen molar-refractivity contribution in [1.29, 1.82) is 0 Å². The predicted octanol–water partition coefficient (Wildman–Crippen LogP) is 3.23. The van der Waals surface area contributed by atoms with Crippen LogP contribution in [0.3, 0.4) is 0 Å². The van der Waals surface area contributed by atoms with E-state index in [4.69, 9.17) is 0 Å². The summed E-state index contributed by atoms with van der Waals surface area (Å²) in [6.07, 6.45) is 4.60. The van der Waals surface area contributed by atoms with Gasteiger partial charge in [0.2, 0.25) is 0 Å². The van der Waals surface area contributed by atoms with Crippen LogP contribution in [0.15, 0.2) is 0 Å². The van der Waals surface area contributed by atoms with Crippen molar-refractivity contribution in [3.63, 3.8) is 0 Å². The SMILES string of the molecule is CCC(CSC)N(C)C(C)CNC(C)(C)CC. The summed E-state index contributed by atoms with van der Waals surface area (Å²) in [6.45, 7) is 12.5. The molecule has 0 amide bonds. The number of thioether (sulfide) groups is 1. The zero-order valence-corrected chi connectivity index (χ0v) is 13.7. The van der Waals surface area contributed by atoms with Crippen LogP contribution in [0.5, 0.6) is 0 Å². The van der Waals surface area contributed by atoms with E-state index in [1.165, 1.54) is 18.6 Å². The van der Waals surface area contributed by atoms with Gasteiger partial charge >= 0.3 is 0 Å². The highest BCUT2D eigenvalue weighted by atomic mass is 32.2. The third-order valence-electron chi connectivity index (χ3n) is 3.86. The first-order valence-electron chi connectivity index (χ1n) is 6.83. The minimum absolute atomic E-state index is 0.260. The molecular weight excluding hydrogens is 228 g/mol. The van der Waals surface area contributed by atoms with Crippen LogP contribution in [0.4, 0.5) is 0 Å². The van der Waals surface area contributed by atoms with Gasteiger partial charge in [0, 0.05) is 29.9 Å². The molecule has 0 aromatic rings. The molecule has 0 heterocycles. The normalized spacial score (nSPS) is 16.2. The van der Waals surface area contributed by atoms with E-state index >= 15 is 0 Å². The standard InChI is InChI=1S/C14H32N2S/c1-8-13(11-17-7)16(6)12(3)10-15-14(4,5)9-2/h12-13,15H,8-11H2,1-7H3. The average molecular weight is 260 g/mol. The number of hydrogen-bond acceptors (Lipinski definition) is 3. The molecule has 2 atom stereocenters. The first-order valence-corrected chi connectivity index (χ1v) is 8.23. The van der Waals surface area contributed by atoms with Gasteiger partial charge in [-0.15, -0.1) is 0 Å². The Kier molecular flexibility index (Phi) is 8.52. The fourth-order valence-corrected chi connectivity index (χ4v) is 2.62. The van der Waals surface area contributed by atoms with Crippen molar-refractivity contribution in [3.8, 4) is 0 Å². The molecule has 0 spiro atoms. The lowest BCUT2D eigenvalue weighted by molar-refractivity contribution is 0.179. The quantitative estimate of drug-likeness (QED) is 0.685. The highest BCUT2D eigenvalue weighted by Gasteiger charge is 2.20. The van der Waals surface area contributed by atoms with Gasteiger partial charge in [0.25, 0.3) is 0 Å². The van der Waals surface area contributed by atoms with Gasteiger partial charge in [0.15, 0.2) is 0 Å². The molecule has 2 nitrogen and oxygen atoms in total. The van der Waals surface area contributed by atoms with Gasteiger partial charge in [-0.25, -0.2) is 0 Å². The Morgan fingerprint density at radius 3 is 2.29 bits per heavy atom. The van der Waals surface area contributed by atoms with Gasteiger partial charge in [-0.1, -0.05) is 13.8 Å². The fraction of sp³-hybridized carbons (Fsp3) is 1.00. The smallest absolute Gasteiger partial charge is 0.0192 e. The fourth-order valence-electron chi connectivity index (χ4n) is 1.77. The van der Waals surface area contributed by atoms with E-state index in [0.717, 1.165) is 6.54 Å². The van der Waals surface area contributed by atoms with Gasteiger partial charge in [0.05, 0.1) is 0 Å².